The lowest BCUT2D eigenvalue weighted by molar-refractivity contribution is 0.0210. The van der Waals surface area contributed by atoms with Crippen molar-refractivity contribution in [3.8, 4) is 0 Å². The molecule has 150 valence electrons. The number of hydrogen-bond acceptors (Lipinski definition) is 8. The molecule has 0 spiro atoms. The van der Waals surface area contributed by atoms with Crippen LogP contribution in [0, 0.1) is 0 Å². The number of carbonyl (C=O) groups is 2. The van der Waals surface area contributed by atoms with Gasteiger partial charge in [0.2, 0.25) is 0 Å². The minimum atomic E-state index is -0.504. The van der Waals surface area contributed by atoms with Gasteiger partial charge in [0.05, 0.1) is 6.61 Å². The highest BCUT2D eigenvalue weighted by molar-refractivity contribution is 7.98. The van der Waals surface area contributed by atoms with Gasteiger partial charge in [0, 0.05) is 25.3 Å². The average Bonchev–Trinajstić information content (AvgIpc) is 2.61. The van der Waals surface area contributed by atoms with Crippen LogP contribution in [-0.4, -0.2) is 64.5 Å². The number of nitrogens with one attached hydrogen (secondary N) is 1. The van der Waals surface area contributed by atoms with Crippen molar-refractivity contribution in [1.29, 1.82) is 0 Å². The zero-order chi connectivity index (χ0) is 20.0. The summed E-state index contributed by atoms with van der Waals surface area (Å²) in [7, 11) is 0. The lowest BCUT2D eigenvalue weighted by atomic mass is 10.1. The van der Waals surface area contributed by atoms with Gasteiger partial charge in [-0.2, -0.15) is 0 Å². The van der Waals surface area contributed by atoms with Crippen LogP contribution in [-0.2, 0) is 9.47 Å². The summed E-state index contributed by atoms with van der Waals surface area (Å²) in [5.74, 6) is 0.0300. The van der Waals surface area contributed by atoms with E-state index in [0.717, 1.165) is 12.8 Å². The van der Waals surface area contributed by atoms with Crippen LogP contribution in [0.1, 0.15) is 50.9 Å². The molecule has 1 N–H and O–H groups in total. The fourth-order valence-corrected chi connectivity index (χ4v) is 3.00. The number of rotatable bonds is 5. The fraction of sp³-hybridized carbons (Fsp3) is 0.667. The van der Waals surface area contributed by atoms with Crippen molar-refractivity contribution in [2.75, 3.05) is 31.3 Å². The van der Waals surface area contributed by atoms with Gasteiger partial charge in [-0.1, -0.05) is 11.8 Å². The molecule has 0 saturated carbocycles. The number of likely N-dealkylation sites (tertiary alicyclic amines) is 1. The van der Waals surface area contributed by atoms with Crippen LogP contribution in [0.4, 0.5) is 10.6 Å². The van der Waals surface area contributed by atoms with Crippen molar-refractivity contribution in [3.05, 3.63) is 11.8 Å². The first kappa shape index (κ1) is 21.3. The van der Waals surface area contributed by atoms with E-state index in [1.165, 1.54) is 18.0 Å². The third-order valence-corrected chi connectivity index (χ3v) is 4.49. The van der Waals surface area contributed by atoms with E-state index in [4.69, 9.17) is 9.47 Å². The molecular formula is C18H28N4O4S. The molecular weight excluding hydrogens is 368 g/mol. The smallest absolute Gasteiger partial charge is 0.410 e. The molecule has 1 amide bonds. The molecule has 0 radical (unpaired) electrons. The van der Waals surface area contributed by atoms with E-state index in [1.54, 1.807) is 11.8 Å². The number of piperidine rings is 1. The highest BCUT2D eigenvalue weighted by Crippen LogP contribution is 2.22. The Morgan fingerprint density at radius 2 is 2.00 bits per heavy atom. The van der Waals surface area contributed by atoms with Crippen LogP contribution in [0.15, 0.2) is 11.4 Å². The molecule has 9 heteroatoms. The van der Waals surface area contributed by atoms with Crippen molar-refractivity contribution >= 4 is 29.6 Å². The highest BCUT2D eigenvalue weighted by atomic mass is 32.2. The summed E-state index contributed by atoms with van der Waals surface area (Å²) >= 11 is 1.40. The monoisotopic (exact) mass is 396 g/mol. The summed E-state index contributed by atoms with van der Waals surface area (Å²) < 4.78 is 10.5. The topological polar surface area (TPSA) is 93.6 Å². The highest BCUT2D eigenvalue weighted by Gasteiger charge is 2.28. The number of carbonyl (C=O) groups excluding carboxylic acids is 2. The number of hydrogen-bond donors (Lipinski definition) is 1. The van der Waals surface area contributed by atoms with Gasteiger partial charge in [-0.05, 0) is 46.8 Å². The van der Waals surface area contributed by atoms with E-state index < -0.39 is 11.6 Å². The van der Waals surface area contributed by atoms with Crippen LogP contribution in [0.25, 0.3) is 0 Å². The molecule has 0 aromatic carbocycles. The number of nitrogens with zero attached hydrogens (tertiary/aromatic N) is 3. The molecule has 1 saturated heterocycles. The molecule has 1 fully saturated rings. The minimum absolute atomic E-state index is 0.0986. The largest absolute Gasteiger partial charge is 0.462 e. The molecule has 2 heterocycles. The van der Waals surface area contributed by atoms with E-state index in [-0.39, 0.29) is 18.7 Å². The van der Waals surface area contributed by atoms with E-state index in [0.29, 0.717) is 29.6 Å². The first-order valence-electron chi connectivity index (χ1n) is 9.06. The van der Waals surface area contributed by atoms with Gasteiger partial charge >= 0.3 is 12.1 Å². The van der Waals surface area contributed by atoms with Gasteiger partial charge in [-0.25, -0.2) is 19.6 Å². The zero-order valence-corrected chi connectivity index (χ0v) is 17.4. The first-order chi connectivity index (χ1) is 12.7. The zero-order valence-electron chi connectivity index (χ0n) is 16.6. The van der Waals surface area contributed by atoms with E-state index in [2.05, 4.69) is 15.3 Å². The summed E-state index contributed by atoms with van der Waals surface area (Å²) in [6.07, 6.45) is 4.55. The summed E-state index contributed by atoms with van der Waals surface area (Å²) in [5, 5.41) is 3.91. The Balaban J connectivity index is 2.02. The molecule has 0 atom stereocenters. The van der Waals surface area contributed by atoms with Crippen LogP contribution in [0.2, 0.25) is 0 Å². The van der Waals surface area contributed by atoms with E-state index in [9.17, 15) is 9.59 Å². The molecule has 0 bridgehead atoms. The van der Waals surface area contributed by atoms with Crippen LogP contribution in [0.5, 0.6) is 0 Å². The van der Waals surface area contributed by atoms with Gasteiger partial charge in [-0.15, -0.1) is 0 Å². The second-order valence-corrected chi connectivity index (χ2v) is 8.00. The summed E-state index contributed by atoms with van der Waals surface area (Å²) in [6, 6.07) is 0.0986. The Bertz CT molecular complexity index is 670. The number of thioether (sulfide) groups is 1. The second-order valence-electron chi connectivity index (χ2n) is 7.23. The maximum absolute atomic E-state index is 12.2. The third kappa shape index (κ3) is 6.27. The number of esters is 1. The summed E-state index contributed by atoms with van der Waals surface area (Å²) in [4.78, 5) is 34.6. The molecule has 0 unspecified atom stereocenters. The van der Waals surface area contributed by atoms with Gasteiger partial charge in [0.25, 0.3) is 0 Å². The number of aromatic nitrogens is 2. The molecule has 1 aromatic heterocycles. The van der Waals surface area contributed by atoms with Gasteiger partial charge in [-0.3, -0.25) is 0 Å². The molecule has 2 rings (SSSR count). The first-order valence-corrected chi connectivity index (χ1v) is 10.3. The van der Waals surface area contributed by atoms with E-state index >= 15 is 0 Å². The third-order valence-electron chi connectivity index (χ3n) is 3.93. The summed E-state index contributed by atoms with van der Waals surface area (Å²) in [6.45, 7) is 8.78. The van der Waals surface area contributed by atoms with Crippen molar-refractivity contribution < 1.29 is 19.1 Å². The second kappa shape index (κ2) is 9.25. The van der Waals surface area contributed by atoms with Gasteiger partial charge in [0.15, 0.2) is 5.16 Å². The minimum Gasteiger partial charge on any atom is -0.462 e. The molecule has 27 heavy (non-hydrogen) atoms. The lowest BCUT2D eigenvalue weighted by Crippen LogP contribution is -2.44. The lowest BCUT2D eigenvalue weighted by Gasteiger charge is -2.34. The Morgan fingerprint density at radius 1 is 1.33 bits per heavy atom. The number of ether oxygens (including phenoxy) is 2. The Hall–Kier alpha value is -2.03. The quantitative estimate of drug-likeness (QED) is 0.461. The Kier molecular flexibility index (Phi) is 7.29. The van der Waals surface area contributed by atoms with Crippen LogP contribution < -0.4 is 5.32 Å². The molecule has 0 aliphatic carbocycles. The van der Waals surface area contributed by atoms with E-state index in [1.807, 2.05) is 27.0 Å². The maximum atomic E-state index is 12.2. The predicted octanol–water partition coefficient (Wildman–Crippen LogP) is 3.19. The predicted molar refractivity (Wildman–Crippen MR) is 104 cm³/mol. The molecule has 1 aromatic rings. The Morgan fingerprint density at radius 3 is 2.56 bits per heavy atom. The average molecular weight is 397 g/mol. The van der Waals surface area contributed by atoms with Crippen molar-refractivity contribution in [3.63, 3.8) is 0 Å². The maximum Gasteiger partial charge on any atom is 0.410 e. The fourth-order valence-electron chi connectivity index (χ4n) is 2.66. The van der Waals surface area contributed by atoms with Crippen molar-refractivity contribution in [2.45, 2.75) is 57.3 Å². The van der Waals surface area contributed by atoms with Gasteiger partial charge < -0.3 is 19.7 Å². The SMILES string of the molecule is CCOC(=O)c1cnc(SC)nc1NC1CCN(C(=O)OC(C)(C)C)CC1. The van der Waals surface area contributed by atoms with Crippen molar-refractivity contribution in [1.82, 2.24) is 14.9 Å². The summed E-state index contributed by atoms with van der Waals surface area (Å²) in [5.41, 5.74) is -0.181. The number of anilines is 1. The standard InChI is InChI=1S/C18H28N4O4S/c1-6-25-15(23)13-11-19-16(27-5)21-14(13)20-12-7-9-22(10-8-12)17(24)26-18(2,3)4/h11-12H,6-10H2,1-5H3,(H,19,20,21). The molecule has 1 aliphatic rings. The van der Waals surface area contributed by atoms with Crippen LogP contribution >= 0.6 is 11.8 Å². The molecule has 8 nitrogen and oxygen atoms in total. The Labute approximate surface area is 164 Å². The van der Waals surface area contributed by atoms with Crippen molar-refractivity contribution in [2.24, 2.45) is 0 Å². The normalized spacial score (nSPS) is 15.4. The van der Waals surface area contributed by atoms with Gasteiger partial charge in [0.1, 0.15) is 17.0 Å². The molecule has 1 aliphatic heterocycles. The number of amides is 1. The van der Waals surface area contributed by atoms with Crippen LogP contribution in [0.3, 0.4) is 0 Å².